The first kappa shape index (κ1) is 20.7. The van der Waals surface area contributed by atoms with E-state index in [0.717, 1.165) is 6.42 Å². The Balaban J connectivity index is 2.99. The second-order valence-corrected chi connectivity index (χ2v) is 5.96. The van der Waals surface area contributed by atoms with E-state index in [1.807, 2.05) is 13.8 Å². The maximum atomic E-state index is 5.92. The summed E-state index contributed by atoms with van der Waals surface area (Å²) in [5.41, 5.74) is 6.47. The van der Waals surface area contributed by atoms with Crippen molar-refractivity contribution in [1.29, 1.82) is 0 Å². The van der Waals surface area contributed by atoms with Crippen molar-refractivity contribution in [1.82, 2.24) is 9.97 Å². The molecular formula is C17H27ClN4O2. The standard InChI is InChI=1S/C17H27ClN4O2/c1-5-23-15(24-6-2)8-7-13-11-20-17(18)22-16(13)21-14(10-19)9-12(3)4/h11-12,14-15H,5-6,9-10,19H2,1-4H3,(H,20,21,22). The van der Waals surface area contributed by atoms with Crippen LogP contribution in [-0.4, -0.2) is 42.1 Å². The molecule has 6 nitrogen and oxygen atoms in total. The van der Waals surface area contributed by atoms with Gasteiger partial charge in [-0.1, -0.05) is 19.8 Å². The summed E-state index contributed by atoms with van der Waals surface area (Å²) in [4.78, 5) is 8.24. The fourth-order valence-electron chi connectivity index (χ4n) is 2.11. The Kier molecular flexibility index (Phi) is 9.65. The molecule has 1 heterocycles. The van der Waals surface area contributed by atoms with E-state index in [4.69, 9.17) is 26.8 Å². The van der Waals surface area contributed by atoms with Gasteiger partial charge in [0.15, 0.2) is 0 Å². The van der Waals surface area contributed by atoms with Gasteiger partial charge in [0.2, 0.25) is 11.6 Å². The van der Waals surface area contributed by atoms with Crippen LogP contribution >= 0.6 is 11.6 Å². The molecule has 0 radical (unpaired) electrons. The lowest BCUT2D eigenvalue weighted by molar-refractivity contribution is -0.0969. The topological polar surface area (TPSA) is 82.3 Å². The molecule has 0 aliphatic rings. The zero-order valence-electron chi connectivity index (χ0n) is 14.8. The van der Waals surface area contributed by atoms with Crippen LogP contribution in [0.5, 0.6) is 0 Å². The average Bonchev–Trinajstić information content (AvgIpc) is 2.53. The predicted octanol–water partition coefficient (Wildman–Crippen LogP) is 2.67. The maximum Gasteiger partial charge on any atom is 0.224 e. The van der Waals surface area contributed by atoms with E-state index in [1.54, 1.807) is 6.20 Å². The van der Waals surface area contributed by atoms with Gasteiger partial charge in [-0.2, -0.15) is 4.98 Å². The highest BCUT2D eigenvalue weighted by Crippen LogP contribution is 2.16. The number of nitrogens with one attached hydrogen (secondary N) is 1. The average molecular weight is 355 g/mol. The van der Waals surface area contributed by atoms with Gasteiger partial charge in [0.1, 0.15) is 5.82 Å². The summed E-state index contributed by atoms with van der Waals surface area (Å²) in [5, 5.41) is 3.47. The largest absolute Gasteiger partial charge is 0.365 e. The van der Waals surface area contributed by atoms with E-state index in [2.05, 4.69) is 41.0 Å². The Hall–Kier alpha value is -1.39. The SMILES string of the molecule is CCOC(C#Cc1cnc(Cl)nc1NC(CN)CC(C)C)OCC. The van der Waals surface area contributed by atoms with Crippen LogP contribution in [0.4, 0.5) is 5.82 Å². The highest BCUT2D eigenvalue weighted by Gasteiger charge is 2.13. The molecule has 1 rings (SSSR count). The number of ether oxygens (including phenoxy) is 2. The van der Waals surface area contributed by atoms with Crippen molar-refractivity contribution in [3.8, 4) is 11.8 Å². The van der Waals surface area contributed by atoms with E-state index >= 15 is 0 Å². The number of hydrogen-bond donors (Lipinski definition) is 2. The predicted molar refractivity (Wildman–Crippen MR) is 96.9 cm³/mol. The monoisotopic (exact) mass is 354 g/mol. The number of aromatic nitrogens is 2. The Labute approximate surface area is 149 Å². The van der Waals surface area contributed by atoms with Crippen LogP contribution in [0.2, 0.25) is 5.28 Å². The summed E-state index contributed by atoms with van der Waals surface area (Å²) in [5.74, 6) is 7.03. The fraction of sp³-hybridized carbons (Fsp3) is 0.647. The quantitative estimate of drug-likeness (QED) is 0.403. The van der Waals surface area contributed by atoms with Gasteiger partial charge in [-0.15, -0.1) is 0 Å². The lowest BCUT2D eigenvalue weighted by Crippen LogP contribution is -2.31. The molecule has 1 aromatic heterocycles. The van der Waals surface area contributed by atoms with Crippen LogP contribution in [-0.2, 0) is 9.47 Å². The molecule has 0 spiro atoms. The van der Waals surface area contributed by atoms with Gasteiger partial charge in [-0.25, -0.2) is 4.98 Å². The summed E-state index contributed by atoms with van der Waals surface area (Å²) in [7, 11) is 0. The molecule has 1 unspecified atom stereocenters. The normalized spacial score (nSPS) is 12.2. The van der Waals surface area contributed by atoms with Gasteiger partial charge in [0.05, 0.1) is 5.56 Å². The van der Waals surface area contributed by atoms with Gasteiger partial charge in [0, 0.05) is 32.0 Å². The van der Waals surface area contributed by atoms with Crippen LogP contribution in [0.1, 0.15) is 39.7 Å². The molecule has 0 amide bonds. The summed E-state index contributed by atoms with van der Waals surface area (Å²) >= 11 is 5.92. The molecule has 0 fully saturated rings. The first-order chi connectivity index (χ1) is 11.5. The second-order valence-electron chi connectivity index (χ2n) is 5.62. The van der Waals surface area contributed by atoms with Gasteiger partial charge in [0.25, 0.3) is 0 Å². The van der Waals surface area contributed by atoms with E-state index in [9.17, 15) is 0 Å². The second kappa shape index (κ2) is 11.2. The number of nitrogens with two attached hydrogens (primary N) is 1. The van der Waals surface area contributed by atoms with Gasteiger partial charge >= 0.3 is 0 Å². The molecule has 0 aliphatic carbocycles. The molecule has 0 bridgehead atoms. The van der Waals surface area contributed by atoms with Crippen molar-refractivity contribution in [2.75, 3.05) is 25.1 Å². The fourth-order valence-corrected chi connectivity index (χ4v) is 2.24. The van der Waals surface area contributed by atoms with Crippen molar-refractivity contribution in [3.05, 3.63) is 17.0 Å². The van der Waals surface area contributed by atoms with Crippen LogP contribution in [0, 0.1) is 17.8 Å². The minimum absolute atomic E-state index is 0.0890. The first-order valence-electron chi connectivity index (χ1n) is 8.23. The Morgan fingerprint density at radius 1 is 1.29 bits per heavy atom. The summed E-state index contributed by atoms with van der Waals surface area (Å²) in [6.07, 6.45) is 1.93. The molecule has 24 heavy (non-hydrogen) atoms. The van der Waals surface area contributed by atoms with Crippen LogP contribution in [0.15, 0.2) is 6.20 Å². The molecule has 0 aromatic carbocycles. The van der Waals surface area contributed by atoms with Crippen LogP contribution in [0.25, 0.3) is 0 Å². The van der Waals surface area contributed by atoms with E-state index in [0.29, 0.717) is 37.1 Å². The molecule has 1 atom stereocenters. The number of anilines is 1. The van der Waals surface area contributed by atoms with Crippen molar-refractivity contribution in [2.24, 2.45) is 11.7 Å². The Morgan fingerprint density at radius 2 is 1.96 bits per heavy atom. The minimum Gasteiger partial charge on any atom is -0.365 e. The zero-order valence-corrected chi connectivity index (χ0v) is 15.6. The first-order valence-corrected chi connectivity index (χ1v) is 8.61. The van der Waals surface area contributed by atoms with Crippen LogP contribution < -0.4 is 11.1 Å². The lowest BCUT2D eigenvalue weighted by atomic mass is 10.0. The third-order valence-corrected chi connectivity index (χ3v) is 3.28. The summed E-state index contributed by atoms with van der Waals surface area (Å²) in [6.45, 7) is 9.61. The summed E-state index contributed by atoms with van der Waals surface area (Å²) in [6, 6.07) is 0.0890. The molecule has 0 saturated carbocycles. The van der Waals surface area contributed by atoms with E-state index in [-0.39, 0.29) is 11.3 Å². The molecule has 0 saturated heterocycles. The summed E-state index contributed by atoms with van der Waals surface area (Å²) < 4.78 is 10.8. The highest BCUT2D eigenvalue weighted by atomic mass is 35.5. The van der Waals surface area contributed by atoms with Crippen molar-refractivity contribution in [3.63, 3.8) is 0 Å². The molecule has 7 heteroatoms. The van der Waals surface area contributed by atoms with Crippen molar-refractivity contribution >= 4 is 17.4 Å². The van der Waals surface area contributed by atoms with E-state index in [1.165, 1.54) is 0 Å². The number of rotatable bonds is 9. The zero-order chi connectivity index (χ0) is 17.9. The van der Waals surface area contributed by atoms with Crippen LogP contribution in [0.3, 0.4) is 0 Å². The maximum absolute atomic E-state index is 5.92. The number of nitrogens with zero attached hydrogens (tertiary/aromatic N) is 2. The van der Waals surface area contributed by atoms with Crippen molar-refractivity contribution < 1.29 is 9.47 Å². The molecule has 0 aliphatic heterocycles. The Bertz CT molecular complexity index is 551. The molecule has 1 aromatic rings. The minimum atomic E-state index is -0.579. The molecule has 134 valence electrons. The lowest BCUT2D eigenvalue weighted by Gasteiger charge is -2.20. The third kappa shape index (κ3) is 7.45. The van der Waals surface area contributed by atoms with E-state index < -0.39 is 6.29 Å². The van der Waals surface area contributed by atoms with Gasteiger partial charge in [-0.3, -0.25) is 0 Å². The smallest absolute Gasteiger partial charge is 0.224 e. The Morgan fingerprint density at radius 3 is 2.50 bits per heavy atom. The highest BCUT2D eigenvalue weighted by molar-refractivity contribution is 6.28. The van der Waals surface area contributed by atoms with Gasteiger partial charge in [-0.05, 0) is 43.7 Å². The van der Waals surface area contributed by atoms with Crippen molar-refractivity contribution in [2.45, 2.75) is 46.4 Å². The third-order valence-electron chi connectivity index (χ3n) is 3.10. The molecule has 3 N–H and O–H groups in total. The van der Waals surface area contributed by atoms with Gasteiger partial charge < -0.3 is 20.5 Å². The number of hydrogen-bond acceptors (Lipinski definition) is 6. The molecular weight excluding hydrogens is 328 g/mol. The number of halogens is 1.